The number of carbonyl (C=O) groups is 2. The van der Waals surface area contributed by atoms with Crippen LogP contribution in [0.5, 0.6) is 0 Å². The summed E-state index contributed by atoms with van der Waals surface area (Å²) in [5.74, 6) is 1.37. The maximum absolute atomic E-state index is 12.8. The fourth-order valence-electron chi connectivity index (χ4n) is 3.44. The third kappa shape index (κ3) is 3.93. The van der Waals surface area contributed by atoms with Gasteiger partial charge in [0.15, 0.2) is 0 Å². The number of thiol groups is 1. The van der Waals surface area contributed by atoms with E-state index in [0.717, 1.165) is 44.3 Å². The van der Waals surface area contributed by atoms with E-state index in [4.69, 9.17) is 0 Å². The van der Waals surface area contributed by atoms with Gasteiger partial charge in [0.25, 0.3) is 5.91 Å². The molecule has 1 atom stereocenters. The number of amides is 3. The first-order chi connectivity index (χ1) is 10.1. The molecular weight excluding hydrogens is 284 g/mol. The lowest BCUT2D eigenvalue weighted by molar-refractivity contribution is -0.132. The summed E-state index contributed by atoms with van der Waals surface area (Å²) < 4.78 is 0. The largest absolute Gasteiger partial charge is 0.325 e. The summed E-state index contributed by atoms with van der Waals surface area (Å²) in [6, 6.07) is -0.182. The summed E-state index contributed by atoms with van der Waals surface area (Å²) in [5.41, 5.74) is -0.593. The Kier molecular flexibility index (Phi) is 5.97. The predicted octanol–water partition coefficient (Wildman–Crippen LogP) is 3.37. The zero-order chi connectivity index (χ0) is 15.3. The fourth-order valence-corrected chi connectivity index (χ4v) is 3.88. The number of nitrogens with one attached hydrogen (secondary N) is 1. The smallest absolute Gasteiger partial charge is 0.323 e. The Balaban J connectivity index is 1.97. The Labute approximate surface area is 133 Å². The van der Waals surface area contributed by atoms with E-state index < -0.39 is 5.54 Å². The minimum Gasteiger partial charge on any atom is -0.323 e. The molecule has 1 unspecified atom stereocenters. The van der Waals surface area contributed by atoms with Gasteiger partial charge >= 0.3 is 6.03 Å². The molecule has 1 aliphatic heterocycles. The molecule has 0 aromatic carbocycles. The fraction of sp³-hybridized carbons (Fsp3) is 0.875. The molecule has 5 heteroatoms. The highest BCUT2D eigenvalue weighted by Gasteiger charge is 2.50. The van der Waals surface area contributed by atoms with Crippen LogP contribution in [0.2, 0.25) is 0 Å². The first kappa shape index (κ1) is 16.7. The normalized spacial score (nSPS) is 23.8. The molecule has 2 aliphatic rings. The number of urea groups is 1. The number of hydrogen-bond donors (Lipinski definition) is 2. The summed E-state index contributed by atoms with van der Waals surface area (Å²) in [4.78, 5) is 26.4. The first-order valence-corrected chi connectivity index (χ1v) is 8.97. The molecule has 120 valence electrons. The van der Waals surface area contributed by atoms with Crippen molar-refractivity contribution in [1.82, 2.24) is 10.2 Å². The van der Waals surface area contributed by atoms with Gasteiger partial charge in [-0.3, -0.25) is 9.69 Å². The van der Waals surface area contributed by atoms with Gasteiger partial charge in [-0.05, 0) is 37.4 Å². The van der Waals surface area contributed by atoms with Crippen LogP contribution in [0, 0.1) is 5.92 Å². The zero-order valence-corrected chi connectivity index (χ0v) is 14.0. The van der Waals surface area contributed by atoms with E-state index >= 15 is 0 Å². The van der Waals surface area contributed by atoms with Gasteiger partial charge in [-0.2, -0.15) is 12.6 Å². The topological polar surface area (TPSA) is 49.4 Å². The molecule has 2 rings (SSSR count). The molecule has 21 heavy (non-hydrogen) atoms. The molecule has 0 radical (unpaired) electrons. The lowest BCUT2D eigenvalue weighted by Crippen LogP contribution is -2.47. The molecule has 1 saturated heterocycles. The van der Waals surface area contributed by atoms with Gasteiger partial charge < -0.3 is 5.32 Å². The monoisotopic (exact) mass is 312 g/mol. The van der Waals surface area contributed by atoms with Crippen molar-refractivity contribution in [2.45, 2.75) is 70.3 Å². The van der Waals surface area contributed by atoms with E-state index in [1.807, 2.05) is 0 Å². The Bertz CT molecular complexity index is 378. The van der Waals surface area contributed by atoms with Crippen LogP contribution in [0.1, 0.15) is 64.7 Å². The number of carbonyl (C=O) groups excluding carboxylic acids is 2. The van der Waals surface area contributed by atoms with Gasteiger partial charge in [-0.25, -0.2) is 4.79 Å². The first-order valence-electron chi connectivity index (χ1n) is 8.34. The molecular formula is C16H28N2O2S. The molecule has 1 saturated carbocycles. The number of hydrogen-bond acceptors (Lipinski definition) is 3. The Morgan fingerprint density at radius 1 is 1.14 bits per heavy atom. The van der Waals surface area contributed by atoms with E-state index in [1.165, 1.54) is 24.2 Å². The van der Waals surface area contributed by atoms with Crippen molar-refractivity contribution in [3.63, 3.8) is 0 Å². The second-order valence-corrected chi connectivity index (χ2v) is 7.09. The van der Waals surface area contributed by atoms with Crippen molar-refractivity contribution in [3.05, 3.63) is 0 Å². The number of rotatable bonds is 5. The van der Waals surface area contributed by atoms with Crippen molar-refractivity contribution in [3.8, 4) is 0 Å². The summed E-state index contributed by atoms with van der Waals surface area (Å²) in [7, 11) is 0. The SMILES string of the molecule is CC(CCS)CCN1C(=O)NC2(CCCCCCC2)C1=O. The number of nitrogens with zero attached hydrogens (tertiary/aromatic N) is 1. The van der Waals surface area contributed by atoms with Crippen LogP contribution in [0.25, 0.3) is 0 Å². The molecule has 1 aliphatic carbocycles. The van der Waals surface area contributed by atoms with Crippen molar-refractivity contribution < 1.29 is 9.59 Å². The third-order valence-electron chi connectivity index (χ3n) is 4.92. The average molecular weight is 312 g/mol. The van der Waals surface area contributed by atoms with Gasteiger partial charge in [-0.15, -0.1) is 0 Å². The Morgan fingerprint density at radius 3 is 2.38 bits per heavy atom. The second kappa shape index (κ2) is 7.52. The predicted molar refractivity (Wildman–Crippen MR) is 87.5 cm³/mol. The van der Waals surface area contributed by atoms with Crippen LogP contribution in [0.4, 0.5) is 4.79 Å². The maximum Gasteiger partial charge on any atom is 0.325 e. The molecule has 1 spiro atoms. The summed E-state index contributed by atoms with van der Waals surface area (Å²) in [6.45, 7) is 2.70. The van der Waals surface area contributed by atoms with E-state index in [9.17, 15) is 9.59 Å². The van der Waals surface area contributed by atoms with E-state index in [0.29, 0.717) is 12.5 Å². The van der Waals surface area contributed by atoms with Crippen molar-refractivity contribution >= 4 is 24.6 Å². The van der Waals surface area contributed by atoms with Crippen molar-refractivity contribution in [1.29, 1.82) is 0 Å². The molecule has 1 N–H and O–H groups in total. The van der Waals surface area contributed by atoms with Crippen LogP contribution in [-0.2, 0) is 4.79 Å². The van der Waals surface area contributed by atoms with Gasteiger partial charge in [0.2, 0.25) is 0 Å². The molecule has 4 nitrogen and oxygen atoms in total. The van der Waals surface area contributed by atoms with E-state index in [2.05, 4.69) is 24.9 Å². The number of imide groups is 1. The molecule has 0 aromatic heterocycles. The highest BCUT2D eigenvalue weighted by atomic mass is 32.1. The van der Waals surface area contributed by atoms with Crippen LogP contribution in [0.15, 0.2) is 0 Å². The van der Waals surface area contributed by atoms with E-state index in [-0.39, 0.29) is 11.9 Å². The van der Waals surface area contributed by atoms with Crippen LogP contribution in [0.3, 0.4) is 0 Å². The summed E-state index contributed by atoms with van der Waals surface area (Å²) in [5, 5.41) is 3.01. The Hall–Kier alpha value is -0.710. The minimum atomic E-state index is -0.593. The highest BCUT2D eigenvalue weighted by Crippen LogP contribution is 2.32. The Morgan fingerprint density at radius 2 is 1.76 bits per heavy atom. The summed E-state index contributed by atoms with van der Waals surface area (Å²) in [6.07, 6.45) is 9.18. The van der Waals surface area contributed by atoms with Crippen LogP contribution in [-0.4, -0.2) is 34.7 Å². The zero-order valence-electron chi connectivity index (χ0n) is 13.1. The molecule has 1 heterocycles. The van der Waals surface area contributed by atoms with Gasteiger partial charge in [0.1, 0.15) is 5.54 Å². The maximum atomic E-state index is 12.8. The van der Waals surface area contributed by atoms with Gasteiger partial charge in [-0.1, -0.05) is 39.0 Å². The highest BCUT2D eigenvalue weighted by molar-refractivity contribution is 7.80. The van der Waals surface area contributed by atoms with E-state index in [1.54, 1.807) is 0 Å². The standard InChI is InChI=1S/C16H28N2O2S/c1-13(8-12-21)7-11-18-14(19)16(17-15(18)20)9-5-3-2-4-6-10-16/h13,21H,2-12H2,1H3,(H,17,20). The molecule has 3 amide bonds. The van der Waals surface area contributed by atoms with Crippen LogP contribution < -0.4 is 5.32 Å². The molecule has 0 bridgehead atoms. The lowest BCUT2D eigenvalue weighted by atomic mass is 9.84. The van der Waals surface area contributed by atoms with Gasteiger partial charge in [0, 0.05) is 6.54 Å². The lowest BCUT2D eigenvalue weighted by Gasteiger charge is -2.28. The van der Waals surface area contributed by atoms with Crippen molar-refractivity contribution in [2.24, 2.45) is 5.92 Å². The molecule has 0 aromatic rings. The molecule has 2 fully saturated rings. The minimum absolute atomic E-state index is 0.0208. The average Bonchev–Trinajstić information content (AvgIpc) is 2.65. The van der Waals surface area contributed by atoms with Crippen LogP contribution >= 0.6 is 12.6 Å². The quantitative estimate of drug-likeness (QED) is 0.604. The van der Waals surface area contributed by atoms with Gasteiger partial charge in [0.05, 0.1) is 0 Å². The summed E-state index contributed by atoms with van der Waals surface area (Å²) >= 11 is 4.24. The third-order valence-corrected chi connectivity index (χ3v) is 5.18. The second-order valence-electron chi connectivity index (χ2n) is 6.64. The van der Waals surface area contributed by atoms with Crippen molar-refractivity contribution in [2.75, 3.05) is 12.3 Å².